The highest BCUT2D eigenvalue weighted by molar-refractivity contribution is 6.30. The van der Waals surface area contributed by atoms with Crippen molar-refractivity contribution in [3.8, 4) is 5.75 Å². The molecule has 148 valence electrons. The molecule has 0 amide bonds. The minimum absolute atomic E-state index is 0.0970. The van der Waals surface area contributed by atoms with E-state index in [9.17, 15) is 4.39 Å². The molecule has 3 nitrogen and oxygen atoms in total. The van der Waals surface area contributed by atoms with Gasteiger partial charge in [0.05, 0.1) is 13.2 Å². The summed E-state index contributed by atoms with van der Waals surface area (Å²) >= 11 is 6.21. The summed E-state index contributed by atoms with van der Waals surface area (Å²) in [6, 6.07) is 12.2. The van der Waals surface area contributed by atoms with E-state index in [0.717, 1.165) is 23.3 Å². The second-order valence-electron chi connectivity index (χ2n) is 8.31. The number of benzene rings is 2. The molecule has 0 radical (unpaired) electrons. The molecule has 2 heterocycles. The fraction of sp³-hybridized carbons (Fsp3) is 0.391. The number of rotatable bonds is 4. The van der Waals surface area contributed by atoms with Gasteiger partial charge in [0.25, 0.3) is 0 Å². The quantitative estimate of drug-likeness (QED) is 0.589. The average molecular weight is 401 g/mol. The van der Waals surface area contributed by atoms with E-state index in [1.54, 1.807) is 21.0 Å². The highest BCUT2D eigenvalue weighted by atomic mass is 35.5. The van der Waals surface area contributed by atoms with Gasteiger partial charge in [-0.2, -0.15) is 0 Å². The molecule has 0 saturated carbocycles. The fourth-order valence-corrected chi connectivity index (χ4v) is 4.64. The van der Waals surface area contributed by atoms with E-state index in [-0.39, 0.29) is 12.1 Å². The van der Waals surface area contributed by atoms with Gasteiger partial charge < -0.3 is 9.72 Å². The number of hydrogen-bond donors (Lipinski definition) is 1. The van der Waals surface area contributed by atoms with Crippen molar-refractivity contribution in [2.75, 3.05) is 13.7 Å². The minimum atomic E-state index is -1.30. The van der Waals surface area contributed by atoms with E-state index in [4.69, 9.17) is 16.3 Å². The predicted molar refractivity (Wildman–Crippen MR) is 113 cm³/mol. The van der Waals surface area contributed by atoms with Gasteiger partial charge in [-0.05, 0) is 62.6 Å². The van der Waals surface area contributed by atoms with Crippen molar-refractivity contribution in [3.63, 3.8) is 0 Å². The smallest absolute Gasteiger partial charge is 0.125 e. The number of halogens is 2. The largest absolute Gasteiger partial charge is 0.496 e. The minimum Gasteiger partial charge on any atom is -0.496 e. The molecule has 28 heavy (non-hydrogen) atoms. The number of methoxy groups -OCH3 is 1. The standard InChI is InChI=1S/C23H26ClFN2O/c1-14-11-19-16-9-10-26-20(16)8-7-17(19)22(27(14)13-23(2,3)25)18-6-5-15(24)12-21(18)28-4/h5-10,12,14,22,26H,11,13H2,1-4H3/t14-,22+/m1/s1. The third-order valence-corrected chi connectivity index (χ3v) is 5.86. The maximum absolute atomic E-state index is 14.8. The molecule has 0 bridgehead atoms. The van der Waals surface area contributed by atoms with Gasteiger partial charge in [0, 0.05) is 40.3 Å². The van der Waals surface area contributed by atoms with E-state index in [2.05, 4.69) is 35.0 Å². The number of fused-ring (bicyclic) bond motifs is 3. The van der Waals surface area contributed by atoms with E-state index >= 15 is 0 Å². The Morgan fingerprint density at radius 2 is 1.96 bits per heavy atom. The Morgan fingerprint density at radius 1 is 1.21 bits per heavy atom. The van der Waals surface area contributed by atoms with Crippen molar-refractivity contribution in [2.45, 2.75) is 44.9 Å². The Morgan fingerprint density at radius 3 is 2.68 bits per heavy atom. The second kappa shape index (κ2) is 7.09. The first-order valence-corrected chi connectivity index (χ1v) is 10.0. The van der Waals surface area contributed by atoms with Crippen molar-refractivity contribution in [2.24, 2.45) is 0 Å². The average Bonchev–Trinajstić information content (AvgIpc) is 3.11. The van der Waals surface area contributed by atoms with Crippen molar-refractivity contribution in [3.05, 3.63) is 64.3 Å². The van der Waals surface area contributed by atoms with Gasteiger partial charge in [-0.25, -0.2) is 4.39 Å². The zero-order valence-electron chi connectivity index (χ0n) is 16.7. The van der Waals surface area contributed by atoms with Gasteiger partial charge in [0.1, 0.15) is 11.4 Å². The first-order chi connectivity index (χ1) is 13.3. The van der Waals surface area contributed by atoms with Gasteiger partial charge in [-0.3, -0.25) is 4.90 Å². The lowest BCUT2D eigenvalue weighted by molar-refractivity contribution is 0.0672. The molecule has 0 saturated heterocycles. The van der Waals surface area contributed by atoms with Crippen LogP contribution in [0.15, 0.2) is 42.6 Å². The van der Waals surface area contributed by atoms with Crippen LogP contribution in [-0.2, 0) is 6.42 Å². The number of ether oxygens (including phenoxy) is 1. The summed E-state index contributed by atoms with van der Waals surface area (Å²) in [7, 11) is 1.65. The van der Waals surface area contributed by atoms with Crippen LogP contribution in [-0.4, -0.2) is 35.2 Å². The highest BCUT2D eigenvalue weighted by Gasteiger charge is 2.38. The number of alkyl halides is 1. The summed E-state index contributed by atoms with van der Waals surface area (Å²) in [4.78, 5) is 5.56. The summed E-state index contributed by atoms with van der Waals surface area (Å²) in [6.45, 7) is 5.80. The molecule has 2 aromatic carbocycles. The first-order valence-electron chi connectivity index (χ1n) is 9.65. The van der Waals surface area contributed by atoms with Gasteiger partial charge in [-0.1, -0.05) is 23.7 Å². The van der Waals surface area contributed by atoms with Crippen LogP contribution < -0.4 is 4.74 Å². The first kappa shape index (κ1) is 19.3. The molecular formula is C23H26ClFN2O. The van der Waals surface area contributed by atoms with Crippen LogP contribution in [0.1, 0.15) is 43.5 Å². The summed E-state index contributed by atoms with van der Waals surface area (Å²) in [5.41, 5.74) is 3.36. The molecule has 1 N–H and O–H groups in total. The maximum atomic E-state index is 14.8. The Hall–Kier alpha value is -2.04. The number of aromatic nitrogens is 1. The summed E-state index contributed by atoms with van der Waals surface area (Å²) < 4.78 is 20.4. The maximum Gasteiger partial charge on any atom is 0.125 e. The fourth-order valence-electron chi connectivity index (χ4n) is 4.48. The molecule has 1 aromatic heterocycles. The van der Waals surface area contributed by atoms with E-state index in [0.29, 0.717) is 11.6 Å². The molecule has 1 aliphatic heterocycles. The van der Waals surface area contributed by atoms with Crippen LogP contribution in [0.2, 0.25) is 5.02 Å². The predicted octanol–water partition coefficient (Wildman–Crippen LogP) is 5.91. The lowest BCUT2D eigenvalue weighted by atomic mass is 9.82. The third-order valence-electron chi connectivity index (χ3n) is 5.62. The van der Waals surface area contributed by atoms with Crippen molar-refractivity contribution in [1.82, 2.24) is 9.88 Å². The molecule has 3 aromatic rings. The number of aromatic amines is 1. The summed E-state index contributed by atoms with van der Waals surface area (Å²) in [5, 5.41) is 1.87. The summed E-state index contributed by atoms with van der Waals surface area (Å²) in [5.74, 6) is 0.730. The zero-order valence-corrected chi connectivity index (χ0v) is 17.5. The highest BCUT2D eigenvalue weighted by Crippen LogP contribution is 2.44. The molecule has 1 aliphatic rings. The van der Waals surface area contributed by atoms with E-state index < -0.39 is 5.67 Å². The third kappa shape index (κ3) is 3.40. The Balaban J connectivity index is 1.94. The van der Waals surface area contributed by atoms with E-state index in [1.807, 2.05) is 24.4 Å². The lowest BCUT2D eigenvalue weighted by Gasteiger charge is -2.44. The second-order valence-corrected chi connectivity index (χ2v) is 8.74. The SMILES string of the molecule is COc1cc(Cl)ccc1[C@@H]1c2ccc3[nH]ccc3c2C[C@@H](C)N1CC(C)(C)F. The number of nitrogens with one attached hydrogen (secondary N) is 1. The normalized spacial score (nSPS) is 20.4. The molecule has 0 fully saturated rings. The van der Waals surface area contributed by atoms with E-state index in [1.165, 1.54) is 16.5 Å². The summed E-state index contributed by atoms with van der Waals surface area (Å²) in [6.07, 6.45) is 2.86. The van der Waals surface area contributed by atoms with Gasteiger partial charge >= 0.3 is 0 Å². The van der Waals surface area contributed by atoms with Crippen molar-refractivity contribution < 1.29 is 9.13 Å². The van der Waals surface area contributed by atoms with Gasteiger partial charge in [0.15, 0.2) is 0 Å². The zero-order chi connectivity index (χ0) is 20.1. The molecule has 4 rings (SSSR count). The van der Waals surface area contributed by atoms with Crippen LogP contribution in [0.3, 0.4) is 0 Å². The van der Waals surface area contributed by atoms with Crippen LogP contribution in [0, 0.1) is 0 Å². The number of H-pyrrole nitrogens is 1. The topological polar surface area (TPSA) is 28.3 Å². The number of nitrogens with zero attached hydrogens (tertiary/aromatic N) is 1. The molecule has 0 unspecified atom stereocenters. The molecule has 0 spiro atoms. The van der Waals surface area contributed by atoms with Gasteiger partial charge in [-0.15, -0.1) is 0 Å². The monoisotopic (exact) mass is 400 g/mol. The van der Waals surface area contributed by atoms with Crippen molar-refractivity contribution >= 4 is 22.5 Å². The Bertz CT molecular complexity index is 1010. The molecule has 0 aliphatic carbocycles. The molecule has 5 heteroatoms. The van der Waals surface area contributed by atoms with Crippen LogP contribution >= 0.6 is 11.6 Å². The van der Waals surface area contributed by atoms with Crippen LogP contribution in [0.5, 0.6) is 5.75 Å². The molecular weight excluding hydrogens is 375 g/mol. The molecule has 2 atom stereocenters. The van der Waals surface area contributed by atoms with Crippen LogP contribution in [0.25, 0.3) is 10.9 Å². The van der Waals surface area contributed by atoms with Crippen molar-refractivity contribution in [1.29, 1.82) is 0 Å². The van der Waals surface area contributed by atoms with Gasteiger partial charge in [0.2, 0.25) is 0 Å². The number of hydrogen-bond acceptors (Lipinski definition) is 2. The van der Waals surface area contributed by atoms with Crippen LogP contribution in [0.4, 0.5) is 4.39 Å². The Labute approximate surface area is 170 Å². The Kier molecular flexibility index (Phi) is 4.88. The lowest BCUT2D eigenvalue weighted by Crippen LogP contribution is -2.47.